The summed E-state index contributed by atoms with van der Waals surface area (Å²) in [6, 6.07) is 1.70. The van der Waals surface area contributed by atoms with Crippen molar-refractivity contribution in [3.05, 3.63) is 16.3 Å². The van der Waals surface area contributed by atoms with Crippen molar-refractivity contribution in [2.24, 2.45) is 0 Å². The maximum Gasteiger partial charge on any atom is 0.261 e. The molecule has 0 aromatic carbocycles. The van der Waals surface area contributed by atoms with Crippen molar-refractivity contribution in [3.8, 4) is 5.75 Å². The molecule has 0 saturated carbocycles. The summed E-state index contributed by atoms with van der Waals surface area (Å²) in [5.41, 5.74) is 0. The van der Waals surface area contributed by atoms with Crippen molar-refractivity contribution in [1.82, 2.24) is 5.32 Å². The normalized spacial score (nSPS) is 10.7. The summed E-state index contributed by atoms with van der Waals surface area (Å²) in [5.74, 6) is 0.545. The molecule has 0 aliphatic heterocycles. The number of methoxy groups -OCH3 is 1. The van der Waals surface area contributed by atoms with Crippen LogP contribution in [0, 0.1) is 0 Å². The predicted octanol–water partition coefficient (Wildman–Crippen LogP) is 1.89. The van der Waals surface area contributed by atoms with Gasteiger partial charge in [-0.2, -0.15) is 0 Å². The Kier molecular flexibility index (Phi) is 6.70. The number of hydrogen-bond donors (Lipinski definition) is 1. The number of rotatable bonds is 8. The average molecular weight is 273 g/mol. The lowest BCUT2D eigenvalue weighted by Gasteiger charge is -2.16. The molecule has 18 heavy (non-hydrogen) atoms. The van der Waals surface area contributed by atoms with E-state index in [1.54, 1.807) is 18.6 Å². The molecule has 1 rings (SSSR count). The molecule has 0 bridgehead atoms. The van der Waals surface area contributed by atoms with E-state index in [9.17, 15) is 4.79 Å². The second-order valence-corrected chi connectivity index (χ2v) is 4.31. The minimum Gasteiger partial charge on any atom is -0.496 e. The zero-order valence-corrected chi connectivity index (χ0v) is 11.7. The van der Waals surface area contributed by atoms with Crippen LogP contribution in [-0.4, -0.2) is 39.1 Å². The molecule has 0 spiro atoms. The molecule has 6 heteroatoms. The second-order valence-electron chi connectivity index (χ2n) is 3.40. The zero-order chi connectivity index (χ0) is 13.4. The predicted molar refractivity (Wildman–Crippen MR) is 70.2 cm³/mol. The quantitative estimate of drug-likeness (QED) is 0.735. The van der Waals surface area contributed by atoms with Crippen molar-refractivity contribution in [3.63, 3.8) is 0 Å². The minimum atomic E-state index is -0.397. The number of hydrogen-bond acceptors (Lipinski definition) is 5. The molecule has 0 unspecified atom stereocenters. The largest absolute Gasteiger partial charge is 0.496 e. The SMILES string of the molecule is CCOC(CNC(=O)c1cc(OC)cs1)OCC. The molecule has 0 radical (unpaired) electrons. The summed E-state index contributed by atoms with van der Waals surface area (Å²) in [7, 11) is 1.57. The Morgan fingerprint density at radius 1 is 1.39 bits per heavy atom. The first kappa shape index (κ1) is 14.9. The van der Waals surface area contributed by atoms with Gasteiger partial charge in [0.05, 0.1) is 18.5 Å². The van der Waals surface area contributed by atoms with Gasteiger partial charge in [-0.15, -0.1) is 11.3 Å². The Morgan fingerprint density at radius 2 is 2.06 bits per heavy atom. The van der Waals surface area contributed by atoms with Crippen molar-refractivity contribution < 1.29 is 19.0 Å². The molecular weight excluding hydrogens is 254 g/mol. The van der Waals surface area contributed by atoms with Gasteiger partial charge in [-0.1, -0.05) is 0 Å². The van der Waals surface area contributed by atoms with E-state index in [1.165, 1.54) is 11.3 Å². The van der Waals surface area contributed by atoms with Gasteiger partial charge in [0.1, 0.15) is 5.75 Å². The Bertz CT molecular complexity index is 361. The number of carbonyl (C=O) groups excluding carboxylic acids is 1. The van der Waals surface area contributed by atoms with E-state index in [4.69, 9.17) is 14.2 Å². The maximum absolute atomic E-state index is 11.8. The van der Waals surface area contributed by atoms with Gasteiger partial charge in [0.25, 0.3) is 5.91 Å². The number of ether oxygens (including phenoxy) is 3. The summed E-state index contributed by atoms with van der Waals surface area (Å²) < 4.78 is 15.7. The first-order chi connectivity index (χ1) is 8.71. The molecule has 1 heterocycles. The van der Waals surface area contributed by atoms with Crippen LogP contribution < -0.4 is 10.1 Å². The number of amides is 1. The first-order valence-electron chi connectivity index (χ1n) is 5.85. The molecular formula is C12H19NO4S. The number of carbonyl (C=O) groups is 1. The molecule has 0 saturated heterocycles. The third-order valence-corrected chi connectivity index (χ3v) is 3.08. The molecule has 0 aliphatic carbocycles. The molecule has 1 amide bonds. The van der Waals surface area contributed by atoms with E-state index in [2.05, 4.69) is 5.32 Å². The monoisotopic (exact) mass is 273 g/mol. The standard InChI is InChI=1S/C12H19NO4S/c1-4-16-11(17-5-2)7-13-12(14)10-6-9(15-3)8-18-10/h6,8,11H,4-5,7H2,1-3H3,(H,13,14). The third-order valence-electron chi connectivity index (χ3n) is 2.17. The Morgan fingerprint density at radius 3 is 2.56 bits per heavy atom. The van der Waals surface area contributed by atoms with E-state index in [-0.39, 0.29) is 5.91 Å². The second kappa shape index (κ2) is 8.07. The minimum absolute atomic E-state index is 0.146. The van der Waals surface area contributed by atoms with Gasteiger partial charge in [0.2, 0.25) is 0 Å². The fraction of sp³-hybridized carbons (Fsp3) is 0.583. The lowest BCUT2D eigenvalue weighted by Crippen LogP contribution is -2.35. The molecule has 1 aromatic rings. The highest BCUT2D eigenvalue weighted by Crippen LogP contribution is 2.20. The Hall–Kier alpha value is -1.11. The van der Waals surface area contributed by atoms with E-state index in [1.807, 2.05) is 13.8 Å². The molecule has 1 N–H and O–H groups in total. The van der Waals surface area contributed by atoms with Crippen molar-refractivity contribution in [1.29, 1.82) is 0 Å². The van der Waals surface area contributed by atoms with Gasteiger partial charge in [-0.3, -0.25) is 4.79 Å². The van der Waals surface area contributed by atoms with Gasteiger partial charge >= 0.3 is 0 Å². The molecule has 0 fully saturated rings. The van der Waals surface area contributed by atoms with Crippen LogP contribution in [0.15, 0.2) is 11.4 Å². The van der Waals surface area contributed by atoms with Crippen LogP contribution in [0.1, 0.15) is 23.5 Å². The van der Waals surface area contributed by atoms with Gasteiger partial charge in [-0.25, -0.2) is 0 Å². The van der Waals surface area contributed by atoms with E-state index in [0.717, 1.165) is 0 Å². The van der Waals surface area contributed by atoms with Crippen LogP contribution in [0.5, 0.6) is 5.75 Å². The smallest absolute Gasteiger partial charge is 0.261 e. The molecule has 1 aromatic heterocycles. The average Bonchev–Trinajstić information content (AvgIpc) is 2.85. The molecule has 0 aliphatic rings. The van der Waals surface area contributed by atoms with Crippen molar-refractivity contribution in [2.75, 3.05) is 26.9 Å². The Balaban J connectivity index is 2.43. The topological polar surface area (TPSA) is 56.8 Å². The third kappa shape index (κ3) is 4.64. The number of nitrogens with one attached hydrogen (secondary N) is 1. The molecule has 0 atom stereocenters. The van der Waals surface area contributed by atoms with Crippen LogP contribution in [-0.2, 0) is 9.47 Å². The van der Waals surface area contributed by atoms with Crippen LogP contribution in [0.3, 0.4) is 0 Å². The maximum atomic E-state index is 11.8. The Labute approximate surface area is 111 Å². The molecule has 5 nitrogen and oxygen atoms in total. The van der Waals surface area contributed by atoms with Gasteiger partial charge < -0.3 is 19.5 Å². The van der Waals surface area contributed by atoms with Gasteiger partial charge in [-0.05, 0) is 13.8 Å². The van der Waals surface area contributed by atoms with E-state index in [0.29, 0.717) is 30.4 Å². The highest BCUT2D eigenvalue weighted by Gasteiger charge is 2.13. The summed E-state index contributed by atoms with van der Waals surface area (Å²) in [6.45, 7) is 5.21. The lowest BCUT2D eigenvalue weighted by atomic mass is 10.4. The van der Waals surface area contributed by atoms with Crippen molar-refractivity contribution in [2.45, 2.75) is 20.1 Å². The summed E-state index contributed by atoms with van der Waals surface area (Å²) in [5, 5.41) is 4.56. The van der Waals surface area contributed by atoms with Crippen LogP contribution in [0.2, 0.25) is 0 Å². The van der Waals surface area contributed by atoms with Crippen molar-refractivity contribution >= 4 is 17.2 Å². The van der Waals surface area contributed by atoms with E-state index >= 15 is 0 Å². The summed E-state index contributed by atoms with van der Waals surface area (Å²) >= 11 is 1.34. The molecule has 102 valence electrons. The first-order valence-corrected chi connectivity index (χ1v) is 6.73. The fourth-order valence-corrected chi connectivity index (χ4v) is 2.12. The van der Waals surface area contributed by atoms with Gasteiger partial charge in [0, 0.05) is 24.7 Å². The number of thiophene rings is 1. The highest BCUT2D eigenvalue weighted by atomic mass is 32.1. The van der Waals surface area contributed by atoms with Crippen LogP contribution in [0.25, 0.3) is 0 Å². The van der Waals surface area contributed by atoms with Crippen LogP contribution >= 0.6 is 11.3 Å². The van der Waals surface area contributed by atoms with Crippen LogP contribution in [0.4, 0.5) is 0 Å². The van der Waals surface area contributed by atoms with E-state index < -0.39 is 6.29 Å². The lowest BCUT2D eigenvalue weighted by molar-refractivity contribution is -0.131. The van der Waals surface area contributed by atoms with Gasteiger partial charge in [0.15, 0.2) is 6.29 Å². The summed E-state index contributed by atoms with van der Waals surface area (Å²) in [4.78, 5) is 12.4. The summed E-state index contributed by atoms with van der Waals surface area (Å²) in [6.07, 6.45) is -0.397. The fourth-order valence-electron chi connectivity index (χ4n) is 1.35. The zero-order valence-electron chi connectivity index (χ0n) is 10.9. The highest BCUT2D eigenvalue weighted by molar-refractivity contribution is 7.12.